The van der Waals surface area contributed by atoms with Crippen molar-refractivity contribution in [2.45, 2.75) is 32.2 Å². The number of halogens is 1. The molecule has 0 aromatic heterocycles. The van der Waals surface area contributed by atoms with Crippen LogP contribution in [0.25, 0.3) is 0 Å². The van der Waals surface area contributed by atoms with Crippen molar-refractivity contribution in [3.8, 4) is 5.75 Å². The van der Waals surface area contributed by atoms with E-state index in [4.69, 9.17) is 4.74 Å². The molecule has 0 bridgehead atoms. The maximum Gasteiger partial charge on any atom is 0.260 e. The molecule has 0 saturated carbocycles. The lowest BCUT2D eigenvalue weighted by atomic mass is 10.1. The summed E-state index contributed by atoms with van der Waals surface area (Å²) in [5.41, 5.74) is 0.675. The van der Waals surface area contributed by atoms with Gasteiger partial charge in [-0.15, -0.1) is 12.4 Å². The van der Waals surface area contributed by atoms with Gasteiger partial charge in [-0.1, -0.05) is 6.92 Å². The van der Waals surface area contributed by atoms with Crippen molar-refractivity contribution in [3.05, 3.63) is 29.8 Å². The number of likely N-dealkylation sites (tertiary alicyclic amines) is 1. The average Bonchev–Trinajstić information content (AvgIpc) is 2.59. The van der Waals surface area contributed by atoms with Crippen LogP contribution in [0.4, 0.5) is 0 Å². The molecule has 1 N–H and O–H groups in total. The molecule has 0 spiro atoms. The normalized spacial score (nSPS) is 17.3. The van der Waals surface area contributed by atoms with E-state index < -0.39 is 0 Å². The standard InChI is InChI=1S/C17H24N2O3.ClH/c1-3-16(20)13-6-8-15(9-7-13)22-12-17(21)19-10-4-5-14(11-19)18-2;/h6-9,14,18H,3-5,10-12H2,1-2H3;1H. The van der Waals surface area contributed by atoms with E-state index in [1.807, 2.05) is 18.9 Å². The van der Waals surface area contributed by atoms with Crippen LogP contribution in [0.3, 0.4) is 0 Å². The van der Waals surface area contributed by atoms with E-state index in [9.17, 15) is 9.59 Å². The molecule has 1 aromatic rings. The van der Waals surface area contributed by atoms with E-state index in [0.717, 1.165) is 25.9 Å². The molecule has 0 aliphatic carbocycles. The number of benzene rings is 1. The number of ether oxygens (including phenoxy) is 1. The molecule has 0 radical (unpaired) electrons. The van der Waals surface area contributed by atoms with Crippen LogP contribution in [-0.2, 0) is 4.79 Å². The molecule has 1 saturated heterocycles. The Kier molecular flexibility index (Phi) is 8.06. The number of nitrogens with zero attached hydrogens (tertiary/aromatic N) is 1. The summed E-state index contributed by atoms with van der Waals surface area (Å²) < 4.78 is 5.54. The zero-order valence-electron chi connectivity index (χ0n) is 13.7. The zero-order chi connectivity index (χ0) is 15.9. The molecule has 5 nitrogen and oxygen atoms in total. The maximum absolute atomic E-state index is 12.2. The predicted molar refractivity (Wildman–Crippen MR) is 92.5 cm³/mol. The molecule has 1 atom stereocenters. The number of piperidine rings is 1. The zero-order valence-corrected chi connectivity index (χ0v) is 14.5. The summed E-state index contributed by atoms with van der Waals surface area (Å²) in [4.78, 5) is 25.6. The second-order valence-corrected chi connectivity index (χ2v) is 5.56. The number of carbonyl (C=O) groups excluding carboxylic acids is 2. The minimum atomic E-state index is 0. The summed E-state index contributed by atoms with van der Waals surface area (Å²) in [5, 5.41) is 3.22. The smallest absolute Gasteiger partial charge is 0.260 e. The highest BCUT2D eigenvalue weighted by Gasteiger charge is 2.22. The van der Waals surface area contributed by atoms with Gasteiger partial charge in [-0.05, 0) is 44.2 Å². The fourth-order valence-corrected chi connectivity index (χ4v) is 2.62. The third-order valence-corrected chi connectivity index (χ3v) is 4.04. The van der Waals surface area contributed by atoms with Crippen LogP contribution in [0, 0.1) is 0 Å². The first-order valence-electron chi connectivity index (χ1n) is 7.85. The van der Waals surface area contributed by atoms with Gasteiger partial charge in [-0.3, -0.25) is 9.59 Å². The Hall–Kier alpha value is -1.59. The number of Topliss-reactive ketones (excluding diaryl/α,β-unsaturated/α-hetero) is 1. The molecule has 1 unspecified atom stereocenters. The van der Waals surface area contributed by atoms with Crippen molar-refractivity contribution >= 4 is 24.1 Å². The molecular weight excluding hydrogens is 316 g/mol. The lowest BCUT2D eigenvalue weighted by molar-refractivity contribution is -0.134. The van der Waals surface area contributed by atoms with Gasteiger partial charge in [0.25, 0.3) is 5.91 Å². The second-order valence-electron chi connectivity index (χ2n) is 5.56. The van der Waals surface area contributed by atoms with Gasteiger partial charge in [0, 0.05) is 31.1 Å². The Balaban J connectivity index is 0.00000264. The van der Waals surface area contributed by atoms with E-state index >= 15 is 0 Å². The Labute approximate surface area is 143 Å². The number of rotatable bonds is 6. The summed E-state index contributed by atoms with van der Waals surface area (Å²) in [6.07, 6.45) is 2.61. The largest absolute Gasteiger partial charge is 0.484 e. The first-order valence-corrected chi connectivity index (χ1v) is 7.85. The van der Waals surface area contributed by atoms with Crippen LogP contribution in [0.2, 0.25) is 0 Å². The topological polar surface area (TPSA) is 58.6 Å². The van der Waals surface area contributed by atoms with E-state index in [2.05, 4.69) is 5.32 Å². The van der Waals surface area contributed by atoms with Crippen molar-refractivity contribution in [1.82, 2.24) is 10.2 Å². The molecule has 128 valence electrons. The highest BCUT2D eigenvalue weighted by Crippen LogP contribution is 2.14. The summed E-state index contributed by atoms with van der Waals surface area (Å²) in [6.45, 7) is 3.41. The van der Waals surface area contributed by atoms with Crippen molar-refractivity contribution in [1.29, 1.82) is 0 Å². The minimum Gasteiger partial charge on any atom is -0.484 e. The first kappa shape index (κ1) is 19.5. The fourth-order valence-electron chi connectivity index (χ4n) is 2.62. The number of hydrogen-bond acceptors (Lipinski definition) is 4. The average molecular weight is 341 g/mol. The second kappa shape index (κ2) is 9.53. The number of likely N-dealkylation sites (N-methyl/N-ethyl adjacent to an activating group) is 1. The van der Waals surface area contributed by atoms with Crippen molar-refractivity contribution in [2.75, 3.05) is 26.7 Å². The van der Waals surface area contributed by atoms with Crippen molar-refractivity contribution < 1.29 is 14.3 Å². The van der Waals surface area contributed by atoms with Gasteiger partial charge < -0.3 is 15.0 Å². The highest BCUT2D eigenvalue weighted by molar-refractivity contribution is 5.95. The number of hydrogen-bond donors (Lipinski definition) is 1. The summed E-state index contributed by atoms with van der Waals surface area (Å²) in [7, 11) is 1.92. The number of amides is 1. The fraction of sp³-hybridized carbons (Fsp3) is 0.529. The summed E-state index contributed by atoms with van der Waals surface area (Å²) >= 11 is 0. The molecule has 23 heavy (non-hydrogen) atoms. The van der Waals surface area contributed by atoms with Crippen LogP contribution >= 0.6 is 12.4 Å². The van der Waals surface area contributed by atoms with Gasteiger partial charge in [-0.25, -0.2) is 0 Å². The Bertz CT molecular complexity index is 519. The molecule has 1 heterocycles. The van der Waals surface area contributed by atoms with Crippen LogP contribution in [0.5, 0.6) is 5.75 Å². The van der Waals surface area contributed by atoms with Gasteiger partial charge in [0.2, 0.25) is 0 Å². The van der Waals surface area contributed by atoms with E-state index in [1.165, 1.54) is 0 Å². The quantitative estimate of drug-likeness (QED) is 0.807. The Morgan fingerprint density at radius 1 is 1.30 bits per heavy atom. The minimum absolute atomic E-state index is 0. The third-order valence-electron chi connectivity index (χ3n) is 4.04. The van der Waals surface area contributed by atoms with Crippen LogP contribution < -0.4 is 10.1 Å². The maximum atomic E-state index is 12.2. The molecule has 1 fully saturated rings. The predicted octanol–water partition coefficient (Wildman–Crippen LogP) is 2.29. The van der Waals surface area contributed by atoms with E-state index in [0.29, 0.717) is 23.8 Å². The Morgan fingerprint density at radius 2 is 2.00 bits per heavy atom. The van der Waals surface area contributed by atoms with Crippen molar-refractivity contribution in [2.24, 2.45) is 0 Å². The SMILES string of the molecule is CCC(=O)c1ccc(OCC(=O)N2CCCC(NC)C2)cc1.Cl. The number of carbonyl (C=O) groups is 2. The molecular formula is C17H25ClN2O3. The molecule has 6 heteroatoms. The lowest BCUT2D eigenvalue weighted by Gasteiger charge is -2.32. The highest BCUT2D eigenvalue weighted by atomic mass is 35.5. The number of ketones is 1. The van der Waals surface area contributed by atoms with Gasteiger partial charge in [0.15, 0.2) is 12.4 Å². The van der Waals surface area contributed by atoms with Crippen LogP contribution in [0.1, 0.15) is 36.5 Å². The van der Waals surface area contributed by atoms with Crippen molar-refractivity contribution in [3.63, 3.8) is 0 Å². The van der Waals surface area contributed by atoms with Crippen LogP contribution in [0.15, 0.2) is 24.3 Å². The molecule has 1 aliphatic heterocycles. The molecule has 1 aliphatic rings. The summed E-state index contributed by atoms with van der Waals surface area (Å²) in [6, 6.07) is 7.33. The summed E-state index contributed by atoms with van der Waals surface area (Å²) in [5.74, 6) is 0.728. The van der Waals surface area contributed by atoms with E-state index in [1.54, 1.807) is 24.3 Å². The monoisotopic (exact) mass is 340 g/mol. The number of nitrogens with one attached hydrogen (secondary N) is 1. The lowest BCUT2D eigenvalue weighted by Crippen LogP contribution is -2.48. The van der Waals surface area contributed by atoms with Gasteiger partial charge in [0.1, 0.15) is 5.75 Å². The van der Waals surface area contributed by atoms with E-state index in [-0.39, 0.29) is 30.7 Å². The van der Waals surface area contributed by atoms with Crippen LogP contribution in [-0.4, -0.2) is 49.4 Å². The first-order chi connectivity index (χ1) is 10.6. The third kappa shape index (κ3) is 5.52. The molecule has 1 amide bonds. The van der Waals surface area contributed by atoms with Gasteiger partial charge in [0.05, 0.1) is 0 Å². The molecule has 2 rings (SSSR count). The molecule has 1 aromatic carbocycles. The van der Waals surface area contributed by atoms with Gasteiger partial charge >= 0.3 is 0 Å². The Morgan fingerprint density at radius 3 is 2.61 bits per heavy atom. The van der Waals surface area contributed by atoms with Gasteiger partial charge in [-0.2, -0.15) is 0 Å².